The number of piperidine rings is 1. The van der Waals surface area contributed by atoms with E-state index in [-0.39, 0.29) is 11.2 Å². The number of nitrogens with zero attached hydrogens (tertiary/aromatic N) is 1. The zero-order valence-electron chi connectivity index (χ0n) is 13.3. The monoisotopic (exact) mass is 340 g/mol. The van der Waals surface area contributed by atoms with Crippen LogP contribution in [0.1, 0.15) is 26.2 Å². The van der Waals surface area contributed by atoms with E-state index >= 15 is 0 Å². The highest BCUT2D eigenvalue weighted by Crippen LogP contribution is 2.25. The van der Waals surface area contributed by atoms with Crippen molar-refractivity contribution in [1.82, 2.24) is 10.2 Å². The largest absolute Gasteiger partial charge is 0.355 e. The first-order chi connectivity index (χ1) is 10.5. The van der Waals surface area contributed by atoms with Crippen molar-refractivity contribution in [3.63, 3.8) is 0 Å². The van der Waals surface area contributed by atoms with Crippen molar-refractivity contribution >= 4 is 29.3 Å². The minimum Gasteiger partial charge on any atom is -0.355 e. The lowest BCUT2D eigenvalue weighted by atomic mass is 9.94. The van der Waals surface area contributed by atoms with Gasteiger partial charge in [-0.25, -0.2) is 0 Å². The third-order valence-corrected chi connectivity index (χ3v) is 5.55. The minimum atomic E-state index is -0.0846. The molecule has 0 bridgehead atoms. The van der Waals surface area contributed by atoms with E-state index in [0.717, 1.165) is 28.8 Å². The molecule has 1 aliphatic heterocycles. The molecule has 0 aromatic heterocycles. The van der Waals surface area contributed by atoms with Crippen molar-refractivity contribution < 1.29 is 4.79 Å². The molecule has 0 aliphatic carbocycles. The van der Waals surface area contributed by atoms with Crippen LogP contribution in [0.5, 0.6) is 0 Å². The van der Waals surface area contributed by atoms with Crippen molar-refractivity contribution in [3.05, 3.63) is 29.3 Å². The highest BCUT2D eigenvalue weighted by atomic mass is 35.5. The molecule has 22 heavy (non-hydrogen) atoms. The topological polar surface area (TPSA) is 32.3 Å². The van der Waals surface area contributed by atoms with Gasteiger partial charge in [0.25, 0.3) is 0 Å². The van der Waals surface area contributed by atoms with E-state index in [2.05, 4.69) is 17.3 Å². The van der Waals surface area contributed by atoms with Gasteiger partial charge in [-0.2, -0.15) is 0 Å². The predicted molar refractivity (Wildman–Crippen MR) is 94.6 cm³/mol. The Morgan fingerprint density at radius 1 is 1.36 bits per heavy atom. The smallest absolute Gasteiger partial charge is 0.233 e. The molecule has 1 N–H and O–H groups in total. The van der Waals surface area contributed by atoms with Crippen LogP contribution in [0.2, 0.25) is 5.02 Å². The van der Waals surface area contributed by atoms with Crippen LogP contribution < -0.4 is 5.32 Å². The summed E-state index contributed by atoms with van der Waals surface area (Å²) in [6.07, 6.45) is 3.60. The molecule has 0 saturated carbocycles. The molecular formula is C17H25ClN2OS. The lowest BCUT2D eigenvalue weighted by molar-refractivity contribution is -0.120. The van der Waals surface area contributed by atoms with E-state index in [0.29, 0.717) is 0 Å². The summed E-state index contributed by atoms with van der Waals surface area (Å²) in [4.78, 5) is 15.6. The van der Waals surface area contributed by atoms with Gasteiger partial charge >= 0.3 is 0 Å². The fourth-order valence-electron chi connectivity index (χ4n) is 2.66. The third kappa shape index (κ3) is 5.82. The summed E-state index contributed by atoms with van der Waals surface area (Å²) in [6.45, 7) is 5.10. The SMILES string of the molecule is C[C@H](Sc1ccc(Cl)cc1)C(=O)NCCC1CCN(C)CC1. The molecule has 1 aromatic carbocycles. The first-order valence-electron chi connectivity index (χ1n) is 7.93. The third-order valence-electron chi connectivity index (χ3n) is 4.19. The summed E-state index contributed by atoms with van der Waals surface area (Å²) in [5.74, 6) is 0.878. The Balaban J connectivity index is 1.67. The van der Waals surface area contributed by atoms with Gasteiger partial charge in [0.1, 0.15) is 0 Å². The van der Waals surface area contributed by atoms with E-state index in [1.54, 1.807) is 11.8 Å². The second-order valence-corrected chi connectivity index (χ2v) is 7.89. The van der Waals surface area contributed by atoms with Gasteiger partial charge in [0.05, 0.1) is 5.25 Å². The molecule has 1 aliphatic rings. The average molecular weight is 341 g/mol. The fraction of sp³-hybridized carbons (Fsp3) is 0.588. The van der Waals surface area contributed by atoms with Crippen molar-refractivity contribution in [2.75, 3.05) is 26.7 Å². The number of likely N-dealkylation sites (tertiary alicyclic amines) is 1. The molecule has 1 atom stereocenters. The summed E-state index contributed by atoms with van der Waals surface area (Å²) in [5, 5.41) is 3.71. The van der Waals surface area contributed by atoms with Gasteiger partial charge < -0.3 is 10.2 Å². The van der Waals surface area contributed by atoms with Crippen molar-refractivity contribution in [2.45, 2.75) is 36.3 Å². The summed E-state index contributed by atoms with van der Waals surface area (Å²) in [7, 11) is 2.17. The molecule has 122 valence electrons. The zero-order valence-corrected chi connectivity index (χ0v) is 14.9. The second-order valence-electron chi connectivity index (χ2n) is 6.04. The molecule has 0 radical (unpaired) electrons. The van der Waals surface area contributed by atoms with Gasteiger partial charge in [0.15, 0.2) is 0 Å². The first kappa shape index (κ1) is 17.6. The molecule has 1 fully saturated rings. The van der Waals surface area contributed by atoms with Crippen molar-refractivity contribution in [3.8, 4) is 0 Å². The average Bonchev–Trinajstić information content (AvgIpc) is 2.51. The Bertz CT molecular complexity index is 472. The predicted octanol–water partition coefficient (Wildman–Crippen LogP) is 3.67. The molecule has 1 amide bonds. The van der Waals surface area contributed by atoms with Gasteiger partial charge in [-0.15, -0.1) is 11.8 Å². The Hall–Kier alpha value is -0.710. The van der Waals surface area contributed by atoms with E-state index in [1.807, 2.05) is 31.2 Å². The number of amides is 1. The Kier molecular flexibility index (Phi) is 7.06. The number of thioether (sulfide) groups is 1. The summed E-state index contributed by atoms with van der Waals surface area (Å²) in [6, 6.07) is 7.62. The fourth-order valence-corrected chi connectivity index (χ4v) is 3.68. The van der Waals surface area contributed by atoms with E-state index in [4.69, 9.17) is 11.6 Å². The summed E-state index contributed by atoms with van der Waals surface area (Å²) >= 11 is 7.44. The van der Waals surface area contributed by atoms with Crippen LogP contribution in [-0.4, -0.2) is 42.7 Å². The normalized spacial score (nSPS) is 18.1. The van der Waals surface area contributed by atoms with Crippen LogP contribution in [0.25, 0.3) is 0 Å². The highest BCUT2D eigenvalue weighted by Gasteiger charge is 2.18. The van der Waals surface area contributed by atoms with Gasteiger partial charge in [0.2, 0.25) is 5.91 Å². The number of rotatable bonds is 6. The van der Waals surface area contributed by atoms with Crippen LogP contribution in [0.15, 0.2) is 29.2 Å². The highest BCUT2D eigenvalue weighted by molar-refractivity contribution is 8.00. The van der Waals surface area contributed by atoms with Crippen molar-refractivity contribution in [2.24, 2.45) is 5.92 Å². The van der Waals surface area contributed by atoms with Crippen LogP contribution in [-0.2, 0) is 4.79 Å². The van der Waals surface area contributed by atoms with Crippen LogP contribution in [0.3, 0.4) is 0 Å². The number of carbonyl (C=O) groups excluding carboxylic acids is 1. The Morgan fingerprint density at radius 3 is 2.64 bits per heavy atom. The maximum absolute atomic E-state index is 12.1. The van der Waals surface area contributed by atoms with Crippen LogP contribution in [0, 0.1) is 5.92 Å². The molecule has 1 saturated heterocycles. The molecular weight excluding hydrogens is 316 g/mol. The van der Waals surface area contributed by atoms with Gasteiger partial charge in [-0.1, -0.05) is 11.6 Å². The van der Waals surface area contributed by atoms with E-state index in [1.165, 1.54) is 25.9 Å². The van der Waals surface area contributed by atoms with Gasteiger partial charge in [0, 0.05) is 16.5 Å². The van der Waals surface area contributed by atoms with Crippen LogP contribution >= 0.6 is 23.4 Å². The molecule has 0 spiro atoms. The number of hydrogen-bond acceptors (Lipinski definition) is 3. The van der Waals surface area contributed by atoms with E-state index in [9.17, 15) is 4.79 Å². The zero-order chi connectivity index (χ0) is 15.9. The quantitative estimate of drug-likeness (QED) is 0.802. The van der Waals surface area contributed by atoms with Gasteiger partial charge in [-0.3, -0.25) is 4.79 Å². The summed E-state index contributed by atoms with van der Waals surface area (Å²) in [5.41, 5.74) is 0. The first-order valence-corrected chi connectivity index (χ1v) is 9.19. The molecule has 2 rings (SSSR count). The molecule has 1 heterocycles. The Labute approximate surface area is 142 Å². The summed E-state index contributed by atoms with van der Waals surface area (Å²) < 4.78 is 0. The van der Waals surface area contributed by atoms with Crippen LogP contribution in [0.4, 0.5) is 0 Å². The molecule has 0 unspecified atom stereocenters. The number of halogens is 1. The standard InChI is InChI=1S/C17H25ClN2OS/c1-13(22-16-5-3-15(18)4-6-16)17(21)19-10-7-14-8-11-20(2)12-9-14/h3-6,13-14H,7-12H2,1-2H3,(H,19,21)/t13-/m0/s1. The van der Waals surface area contributed by atoms with Gasteiger partial charge in [-0.05, 0) is 76.5 Å². The molecule has 5 heteroatoms. The number of benzene rings is 1. The minimum absolute atomic E-state index is 0.0846. The number of carbonyl (C=O) groups is 1. The maximum Gasteiger partial charge on any atom is 0.233 e. The number of hydrogen-bond donors (Lipinski definition) is 1. The lowest BCUT2D eigenvalue weighted by Crippen LogP contribution is -2.35. The Morgan fingerprint density at radius 2 is 2.00 bits per heavy atom. The van der Waals surface area contributed by atoms with Crippen molar-refractivity contribution in [1.29, 1.82) is 0 Å². The second kappa shape index (κ2) is 8.80. The van der Waals surface area contributed by atoms with E-state index < -0.39 is 0 Å². The number of nitrogens with one attached hydrogen (secondary N) is 1. The molecule has 1 aromatic rings. The lowest BCUT2D eigenvalue weighted by Gasteiger charge is -2.29. The maximum atomic E-state index is 12.1. The molecule has 3 nitrogen and oxygen atoms in total.